The zero-order valence-electron chi connectivity index (χ0n) is 9.16. The lowest BCUT2D eigenvalue weighted by Crippen LogP contribution is -2.47. The summed E-state index contributed by atoms with van der Waals surface area (Å²) in [6.07, 6.45) is 1.57. The lowest BCUT2D eigenvalue weighted by molar-refractivity contribution is 0.0658. The molecule has 1 saturated heterocycles. The second kappa shape index (κ2) is 4.02. The van der Waals surface area contributed by atoms with E-state index in [1.165, 1.54) is 0 Å². The molecule has 2 rings (SSSR count). The molecule has 1 aromatic rings. The molecule has 1 amide bonds. The number of likely N-dealkylation sites (N-methyl/N-ethyl adjacent to an activating group) is 1. The molecule has 0 aliphatic carbocycles. The fourth-order valence-corrected chi connectivity index (χ4v) is 1.73. The second-order valence-corrected chi connectivity index (χ2v) is 3.97. The fraction of sp³-hybridized carbons (Fsp3) is 0.600. The Morgan fingerprint density at radius 2 is 2.07 bits per heavy atom. The van der Waals surface area contributed by atoms with Gasteiger partial charge in [-0.25, -0.2) is 4.98 Å². The van der Waals surface area contributed by atoms with Crippen molar-refractivity contribution in [3.05, 3.63) is 17.7 Å². The number of amides is 1. The van der Waals surface area contributed by atoms with Gasteiger partial charge in [0.2, 0.25) is 0 Å². The van der Waals surface area contributed by atoms with Crippen molar-refractivity contribution < 1.29 is 4.79 Å². The van der Waals surface area contributed by atoms with Gasteiger partial charge in [-0.2, -0.15) is 0 Å². The van der Waals surface area contributed by atoms with E-state index in [9.17, 15) is 4.79 Å². The second-order valence-electron chi connectivity index (χ2n) is 3.97. The summed E-state index contributed by atoms with van der Waals surface area (Å²) in [6.45, 7) is 5.34. The van der Waals surface area contributed by atoms with Gasteiger partial charge in [-0.15, -0.1) is 0 Å². The van der Waals surface area contributed by atoms with Crippen LogP contribution in [0.1, 0.15) is 16.2 Å². The van der Waals surface area contributed by atoms with Gasteiger partial charge in [0.15, 0.2) is 0 Å². The van der Waals surface area contributed by atoms with Crippen molar-refractivity contribution in [2.45, 2.75) is 6.92 Å². The van der Waals surface area contributed by atoms with Gasteiger partial charge >= 0.3 is 0 Å². The SMILES string of the molecule is Cc1[nH]cnc1C(=O)N1CCN(C)CC1. The molecular formula is C10H16N4O. The lowest BCUT2D eigenvalue weighted by Gasteiger charge is -2.32. The van der Waals surface area contributed by atoms with E-state index in [-0.39, 0.29) is 5.91 Å². The van der Waals surface area contributed by atoms with Gasteiger partial charge in [0.05, 0.1) is 6.33 Å². The molecule has 0 spiro atoms. The molecule has 0 unspecified atom stereocenters. The first-order valence-electron chi connectivity index (χ1n) is 5.16. The Hall–Kier alpha value is -1.36. The van der Waals surface area contributed by atoms with Crippen LogP contribution in [-0.4, -0.2) is 58.9 Å². The van der Waals surface area contributed by atoms with Crippen LogP contribution in [0.2, 0.25) is 0 Å². The molecule has 5 nitrogen and oxygen atoms in total. The molecule has 1 N–H and O–H groups in total. The third-order valence-electron chi connectivity index (χ3n) is 2.82. The van der Waals surface area contributed by atoms with Crippen LogP contribution in [0.25, 0.3) is 0 Å². The van der Waals surface area contributed by atoms with Crippen LogP contribution >= 0.6 is 0 Å². The number of rotatable bonds is 1. The van der Waals surface area contributed by atoms with Crippen LogP contribution in [-0.2, 0) is 0 Å². The monoisotopic (exact) mass is 208 g/mol. The summed E-state index contributed by atoms with van der Waals surface area (Å²) in [7, 11) is 2.07. The van der Waals surface area contributed by atoms with E-state index < -0.39 is 0 Å². The highest BCUT2D eigenvalue weighted by Gasteiger charge is 2.22. The van der Waals surface area contributed by atoms with Crippen LogP contribution in [0.5, 0.6) is 0 Å². The first-order chi connectivity index (χ1) is 7.18. The van der Waals surface area contributed by atoms with Crippen LogP contribution in [0.15, 0.2) is 6.33 Å². The van der Waals surface area contributed by atoms with Crippen molar-refractivity contribution in [3.63, 3.8) is 0 Å². The number of carbonyl (C=O) groups is 1. The highest BCUT2D eigenvalue weighted by atomic mass is 16.2. The van der Waals surface area contributed by atoms with E-state index in [2.05, 4.69) is 21.9 Å². The van der Waals surface area contributed by atoms with Gasteiger partial charge in [-0.1, -0.05) is 0 Å². The zero-order chi connectivity index (χ0) is 10.8. The first kappa shape index (κ1) is 10.2. The average molecular weight is 208 g/mol. The predicted octanol–water partition coefficient (Wildman–Crippen LogP) is 0.106. The number of hydrogen-bond donors (Lipinski definition) is 1. The maximum absolute atomic E-state index is 12.0. The van der Waals surface area contributed by atoms with Crippen LogP contribution in [0, 0.1) is 6.92 Å². The number of carbonyl (C=O) groups excluding carboxylic acids is 1. The minimum Gasteiger partial charge on any atom is -0.348 e. The molecule has 2 heterocycles. The number of piperazine rings is 1. The van der Waals surface area contributed by atoms with E-state index in [0.717, 1.165) is 31.9 Å². The van der Waals surface area contributed by atoms with E-state index in [4.69, 9.17) is 0 Å². The summed E-state index contributed by atoms with van der Waals surface area (Å²) in [5.74, 6) is 0.0434. The Morgan fingerprint density at radius 1 is 1.40 bits per heavy atom. The molecule has 1 aliphatic heterocycles. The number of hydrogen-bond acceptors (Lipinski definition) is 3. The van der Waals surface area contributed by atoms with Crippen LogP contribution < -0.4 is 0 Å². The molecule has 15 heavy (non-hydrogen) atoms. The van der Waals surface area contributed by atoms with Crippen molar-refractivity contribution in [1.82, 2.24) is 19.8 Å². The number of H-pyrrole nitrogens is 1. The normalized spacial score (nSPS) is 18.1. The highest BCUT2D eigenvalue weighted by molar-refractivity contribution is 5.93. The molecule has 0 bridgehead atoms. The first-order valence-corrected chi connectivity index (χ1v) is 5.16. The maximum atomic E-state index is 12.0. The Bertz CT molecular complexity index is 352. The summed E-state index contributed by atoms with van der Waals surface area (Å²) < 4.78 is 0. The van der Waals surface area contributed by atoms with Crippen molar-refractivity contribution in [1.29, 1.82) is 0 Å². The van der Waals surface area contributed by atoms with Crippen molar-refractivity contribution in [2.75, 3.05) is 33.2 Å². The smallest absolute Gasteiger partial charge is 0.274 e. The van der Waals surface area contributed by atoms with E-state index >= 15 is 0 Å². The molecule has 0 aromatic carbocycles. The summed E-state index contributed by atoms with van der Waals surface area (Å²) in [6, 6.07) is 0. The molecule has 0 atom stereocenters. The average Bonchev–Trinajstić information content (AvgIpc) is 2.65. The minimum atomic E-state index is 0.0434. The number of aromatic amines is 1. The quantitative estimate of drug-likeness (QED) is 0.712. The Balaban J connectivity index is 2.06. The zero-order valence-corrected chi connectivity index (χ0v) is 9.16. The van der Waals surface area contributed by atoms with E-state index in [1.54, 1.807) is 6.33 Å². The molecule has 0 saturated carbocycles. The minimum absolute atomic E-state index is 0.0434. The lowest BCUT2D eigenvalue weighted by atomic mass is 10.2. The predicted molar refractivity (Wildman–Crippen MR) is 56.7 cm³/mol. The van der Waals surface area contributed by atoms with E-state index in [1.807, 2.05) is 11.8 Å². The number of imidazole rings is 1. The summed E-state index contributed by atoms with van der Waals surface area (Å²) in [4.78, 5) is 23.1. The summed E-state index contributed by atoms with van der Waals surface area (Å²) in [5, 5.41) is 0. The number of aryl methyl sites for hydroxylation is 1. The van der Waals surface area contributed by atoms with Crippen molar-refractivity contribution >= 4 is 5.91 Å². The third kappa shape index (κ3) is 2.02. The van der Waals surface area contributed by atoms with Crippen LogP contribution in [0.3, 0.4) is 0 Å². The van der Waals surface area contributed by atoms with Crippen molar-refractivity contribution in [3.8, 4) is 0 Å². The van der Waals surface area contributed by atoms with Gasteiger partial charge in [0.25, 0.3) is 5.91 Å². The van der Waals surface area contributed by atoms with Gasteiger partial charge in [0.1, 0.15) is 5.69 Å². The molecule has 1 fully saturated rings. The standard InChI is InChI=1S/C10H16N4O/c1-8-9(12-7-11-8)10(15)14-5-3-13(2)4-6-14/h7H,3-6H2,1-2H3,(H,11,12). The number of nitrogens with one attached hydrogen (secondary N) is 1. The molecule has 1 aromatic heterocycles. The molecule has 5 heteroatoms. The largest absolute Gasteiger partial charge is 0.348 e. The molecular weight excluding hydrogens is 192 g/mol. The van der Waals surface area contributed by atoms with Gasteiger partial charge in [0, 0.05) is 31.9 Å². The Morgan fingerprint density at radius 3 is 2.60 bits per heavy atom. The Labute approximate surface area is 89.1 Å². The Kier molecular flexibility index (Phi) is 2.73. The van der Waals surface area contributed by atoms with E-state index in [0.29, 0.717) is 5.69 Å². The molecule has 1 aliphatic rings. The highest BCUT2D eigenvalue weighted by Crippen LogP contribution is 2.08. The molecule has 0 radical (unpaired) electrons. The van der Waals surface area contributed by atoms with Gasteiger partial charge < -0.3 is 14.8 Å². The number of aromatic nitrogens is 2. The third-order valence-corrected chi connectivity index (χ3v) is 2.82. The molecule has 82 valence electrons. The number of nitrogens with zero attached hydrogens (tertiary/aromatic N) is 3. The fourth-order valence-electron chi connectivity index (χ4n) is 1.73. The maximum Gasteiger partial charge on any atom is 0.274 e. The summed E-state index contributed by atoms with van der Waals surface area (Å²) in [5.41, 5.74) is 1.40. The van der Waals surface area contributed by atoms with Gasteiger partial charge in [-0.3, -0.25) is 4.79 Å². The van der Waals surface area contributed by atoms with Crippen LogP contribution in [0.4, 0.5) is 0 Å². The topological polar surface area (TPSA) is 52.2 Å². The summed E-state index contributed by atoms with van der Waals surface area (Å²) >= 11 is 0. The van der Waals surface area contributed by atoms with Crippen molar-refractivity contribution in [2.24, 2.45) is 0 Å². The van der Waals surface area contributed by atoms with Gasteiger partial charge in [-0.05, 0) is 14.0 Å².